The van der Waals surface area contributed by atoms with E-state index in [4.69, 9.17) is 9.47 Å². The normalized spacial score (nSPS) is 19.5. The smallest absolute Gasteiger partial charge is 0.272 e. The number of hydrogen-bond acceptors (Lipinski definition) is 6. The fraction of sp³-hybridized carbons (Fsp3) is 0.500. The highest BCUT2D eigenvalue weighted by Gasteiger charge is 2.25. The molecule has 2 N–H and O–H groups in total. The van der Waals surface area contributed by atoms with Gasteiger partial charge in [0.1, 0.15) is 6.33 Å². The Kier molecular flexibility index (Phi) is 5.86. The van der Waals surface area contributed by atoms with Gasteiger partial charge in [-0.15, -0.1) is 0 Å². The van der Waals surface area contributed by atoms with Crippen LogP contribution in [0.5, 0.6) is 0 Å². The molecule has 154 valence electrons. The first kappa shape index (κ1) is 19.5. The molecule has 1 saturated carbocycles. The number of methoxy groups -OCH3 is 1. The molecular formula is C20H26N6O3. The number of fused-ring (bicyclic) bond motifs is 1. The average Bonchev–Trinajstić information content (AvgIpc) is 3.37. The summed E-state index contributed by atoms with van der Waals surface area (Å²) in [6, 6.07) is 1.95. The molecule has 1 aliphatic carbocycles. The van der Waals surface area contributed by atoms with Gasteiger partial charge < -0.3 is 19.8 Å². The summed E-state index contributed by atoms with van der Waals surface area (Å²) in [6.45, 7) is 3.12. The van der Waals surface area contributed by atoms with Gasteiger partial charge in [0.2, 0.25) is 5.95 Å². The summed E-state index contributed by atoms with van der Waals surface area (Å²) in [5.74, 6) is 0.236. The predicted octanol–water partition coefficient (Wildman–Crippen LogP) is 2.16. The zero-order chi connectivity index (χ0) is 20.2. The van der Waals surface area contributed by atoms with Crippen LogP contribution in [-0.4, -0.2) is 62.9 Å². The van der Waals surface area contributed by atoms with E-state index in [1.165, 1.54) is 0 Å². The molecule has 1 amide bonds. The van der Waals surface area contributed by atoms with Crippen LogP contribution in [0.15, 0.2) is 24.8 Å². The number of carbonyl (C=O) groups is 1. The number of aromatic nitrogens is 5. The van der Waals surface area contributed by atoms with Crippen LogP contribution in [-0.2, 0) is 9.47 Å². The van der Waals surface area contributed by atoms with Gasteiger partial charge in [-0.3, -0.25) is 9.36 Å². The van der Waals surface area contributed by atoms with Crippen molar-refractivity contribution in [1.29, 1.82) is 0 Å². The lowest BCUT2D eigenvalue weighted by Crippen LogP contribution is -2.39. The van der Waals surface area contributed by atoms with Crippen LogP contribution in [0.2, 0.25) is 0 Å². The molecule has 9 heteroatoms. The van der Waals surface area contributed by atoms with Gasteiger partial charge in [-0.2, -0.15) is 0 Å². The standard InChI is InChI=1S/C20H26N6O3/c1-13-11-26(12-22-13)20-24-16-7-8-21-17(16)18(25-20)19(27)23-14-3-5-15(6-4-14)29-10-9-28-2/h7-8,11-12,14-15,21H,3-6,9-10H2,1-2H3,(H,23,27)/t14-,15-. The van der Waals surface area contributed by atoms with E-state index < -0.39 is 0 Å². The third kappa shape index (κ3) is 4.46. The molecule has 0 unspecified atom stereocenters. The van der Waals surface area contributed by atoms with Crippen LogP contribution in [0.3, 0.4) is 0 Å². The number of aryl methyl sites for hydroxylation is 1. The van der Waals surface area contributed by atoms with Crippen LogP contribution in [0.4, 0.5) is 0 Å². The van der Waals surface area contributed by atoms with E-state index in [-0.39, 0.29) is 18.1 Å². The van der Waals surface area contributed by atoms with Gasteiger partial charge >= 0.3 is 0 Å². The molecule has 1 fully saturated rings. The minimum absolute atomic E-state index is 0.115. The topological polar surface area (TPSA) is 107 Å². The van der Waals surface area contributed by atoms with Crippen molar-refractivity contribution in [1.82, 2.24) is 29.8 Å². The molecule has 29 heavy (non-hydrogen) atoms. The Labute approximate surface area is 168 Å². The second kappa shape index (κ2) is 8.71. The van der Waals surface area contributed by atoms with Gasteiger partial charge in [0.25, 0.3) is 5.91 Å². The van der Waals surface area contributed by atoms with Gasteiger partial charge in [0.15, 0.2) is 5.69 Å². The average molecular weight is 398 g/mol. The minimum Gasteiger partial charge on any atom is -0.382 e. The van der Waals surface area contributed by atoms with Crippen molar-refractivity contribution in [3.05, 3.63) is 36.2 Å². The number of hydrogen-bond donors (Lipinski definition) is 2. The van der Waals surface area contributed by atoms with E-state index in [0.717, 1.165) is 31.4 Å². The van der Waals surface area contributed by atoms with E-state index in [2.05, 4.69) is 25.3 Å². The van der Waals surface area contributed by atoms with Crippen LogP contribution >= 0.6 is 0 Å². The summed E-state index contributed by atoms with van der Waals surface area (Å²) in [5.41, 5.74) is 2.54. The summed E-state index contributed by atoms with van der Waals surface area (Å²) in [4.78, 5) is 29.4. The SMILES string of the molecule is COCCO[C@H]1CC[C@H](NC(=O)c2nc(-n3cnc(C)c3)nc3cc[nH]c23)CC1. The number of aromatic amines is 1. The van der Waals surface area contributed by atoms with Gasteiger partial charge in [0.05, 0.1) is 36.0 Å². The molecule has 4 rings (SSSR count). The number of H-pyrrole nitrogens is 1. The minimum atomic E-state index is -0.193. The molecule has 3 aromatic heterocycles. The summed E-state index contributed by atoms with van der Waals surface area (Å²) in [5, 5.41) is 3.13. The van der Waals surface area contributed by atoms with Gasteiger partial charge in [0, 0.05) is 25.5 Å². The molecule has 0 bridgehead atoms. The zero-order valence-corrected chi connectivity index (χ0v) is 16.7. The Balaban J connectivity index is 1.46. The molecule has 0 radical (unpaired) electrons. The molecule has 0 saturated heterocycles. The summed E-state index contributed by atoms with van der Waals surface area (Å²) >= 11 is 0. The summed E-state index contributed by atoms with van der Waals surface area (Å²) in [7, 11) is 1.67. The van der Waals surface area contributed by atoms with E-state index in [0.29, 0.717) is 35.9 Å². The van der Waals surface area contributed by atoms with Crippen LogP contribution < -0.4 is 5.32 Å². The number of rotatable bonds is 7. The van der Waals surface area contributed by atoms with Crippen molar-refractivity contribution < 1.29 is 14.3 Å². The zero-order valence-electron chi connectivity index (χ0n) is 16.7. The van der Waals surface area contributed by atoms with Gasteiger partial charge in [-0.1, -0.05) is 0 Å². The lowest BCUT2D eigenvalue weighted by atomic mass is 9.93. The van der Waals surface area contributed by atoms with Crippen molar-refractivity contribution >= 4 is 16.9 Å². The Morgan fingerprint density at radius 2 is 2.10 bits per heavy atom. The van der Waals surface area contributed by atoms with E-state index in [1.807, 2.05) is 19.2 Å². The van der Waals surface area contributed by atoms with E-state index in [1.54, 1.807) is 24.2 Å². The predicted molar refractivity (Wildman–Crippen MR) is 107 cm³/mol. The fourth-order valence-electron chi connectivity index (χ4n) is 3.67. The molecular weight excluding hydrogens is 372 g/mol. The maximum Gasteiger partial charge on any atom is 0.272 e. The second-order valence-corrected chi connectivity index (χ2v) is 7.34. The third-order valence-electron chi connectivity index (χ3n) is 5.20. The molecule has 0 spiro atoms. The third-order valence-corrected chi connectivity index (χ3v) is 5.20. The Morgan fingerprint density at radius 1 is 1.28 bits per heavy atom. The number of nitrogens with one attached hydrogen (secondary N) is 2. The van der Waals surface area contributed by atoms with Crippen LogP contribution in [0.1, 0.15) is 41.9 Å². The highest BCUT2D eigenvalue weighted by molar-refractivity contribution is 6.03. The Bertz CT molecular complexity index is 974. The molecule has 0 aromatic carbocycles. The van der Waals surface area contributed by atoms with Crippen molar-refractivity contribution in [3.63, 3.8) is 0 Å². The first-order valence-electron chi connectivity index (χ1n) is 9.91. The Morgan fingerprint density at radius 3 is 2.83 bits per heavy atom. The lowest BCUT2D eigenvalue weighted by molar-refractivity contribution is -0.00409. The highest BCUT2D eigenvalue weighted by atomic mass is 16.5. The monoisotopic (exact) mass is 398 g/mol. The number of amides is 1. The molecule has 0 atom stereocenters. The molecule has 3 heterocycles. The van der Waals surface area contributed by atoms with E-state index in [9.17, 15) is 4.79 Å². The van der Waals surface area contributed by atoms with Crippen LogP contribution in [0.25, 0.3) is 17.0 Å². The maximum atomic E-state index is 13.0. The molecule has 9 nitrogen and oxygen atoms in total. The second-order valence-electron chi connectivity index (χ2n) is 7.34. The van der Waals surface area contributed by atoms with E-state index >= 15 is 0 Å². The van der Waals surface area contributed by atoms with Gasteiger partial charge in [-0.25, -0.2) is 15.0 Å². The number of ether oxygens (including phenoxy) is 2. The largest absolute Gasteiger partial charge is 0.382 e. The van der Waals surface area contributed by atoms with Gasteiger partial charge in [-0.05, 0) is 38.7 Å². The number of nitrogens with zero attached hydrogens (tertiary/aromatic N) is 4. The van der Waals surface area contributed by atoms with Crippen molar-refractivity contribution in [2.45, 2.75) is 44.8 Å². The first-order valence-corrected chi connectivity index (χ1v) is 9.91. The van der Waals surface area contributed by atoms with Crippen molar-refractivity contribution in [2.24, 2.45) is 0 Å². The molecule has 0 aliphatic heterocycles. The quantitative estimate of drug-likeness (QED) is 0.591. The maximum absolute atomic E-state index is 13.0. The Hall–Kier alpha value is -2.78. The molecule has 3 aromatic rings. The number of imidazole rings is 1. The fourth-order valence-corrected chi connectivity index (χ4v) is 3.67. The first-order chi connectivity index (χ1) is 14.1. The van der Waals surface area contributed by atoms with Crippen molar-refractivity contribution in [2.75, 3.05) is 20.3 Å². The molecule has 1 aliphatic rings. The lowest BCUT2D eigenvalue weighted by Gasteiger charge is -2.29. The highest BCUT2D eigenvalue weighted by Crippen LogP contribution is 2.22. The van der Waals surface area contributed by atoms with Crippen molar-refractivity contribution in [3.8, 4) is 5.95 Å². The summed E-state index contributed by atoms with van der Waals surface area (Å²) < 4.78 is 12.6. The number of carbonyl (C=O) groups excluding carboxylic acids is 1. The summed E-state index contributed by atoms with van der Waals surface area (Å²) in [6.07, 6.45) is 9.11. The van der Waals surface area contributed by atoms with Crippen LogP contribution in [0, 0.1) is 6.92 Å².